The molecule has 3 rings (SSSR count). The standard InChI is InChI=1S/C20H21N3O2S/c1-4-23(16-11-6-5-7-12-16)19(24)15(3)26-20-22-21-18(25-20)17-13-9-8-10-14(17)2/h5-13,15H,4H2,1-3H3/t15-/m0/s1. The quantitative estimate of drug-likeness (QED) is 0.597. The van der Waals surface area contributed by atoms with Crippen LogP contribution in [0.25, 0.3) is 11.5 Å². The van der Waals surface area contributed by atoms with Crippen LogP contribution in [-0.2, 0) is 4.79 Å². The van der Waals surface area contributed by atoms with Crippen LogP contribution < -0.4 is 4.90 Å². The van der Waals surface area contributed by atoms with E-state index in [1.807, 2.05) is 75.4 Å². The molecule has 0 aliphatic rings. The predicted octanol–water partition coefficient (Wildman–Crippen LogP) is 4.58. The summed E-state index contributed by atoms with van der Waals surface area (Å²) in [5.74, 6) is 0.486. The topological polar surface area (TPSA) is 59.2 Å². The molecule has 0 N–H and O–H groups in total. The summed E-state index contributed by atoms with van der Waals surface area (Å²) in [6, 6.07) is 17.5. The number of carbonyl (C=O) groups excluding carboxylic acids is 1. The van der Waals surface area contributed by atoms with Crippen LogP contribution in [0.3, 0.4) is 0 Å². The van der Waals surface area contributed by atoms with Gasteiger partial charge in [0.25, 0.3) is 5.22 Å². The molecule has 0 radical (unpaired) electrons. The first-order valence-electron chi connectivity index (χ1n) is 8.52. The molecular formula is C20H21N3O2S. The van der Waals surface area contributed by atoms with Crippen molar-refractivity contribution in [1.82, 2.24) is 10.2 Å². The van der Waals surface area contributed by atoms with Crippen molar-refractivity contribution in [3.05, 3.63) is 60.2 Å². The highest BCUT2D eigenvalue weighted by molar-refractivity contribution is 8.00. The number of thioether (sulfide) groups is 1. The molecule has 1 atom stereocenters. The average Bonchev–Trinajstić information content (AvgIpc) is 3.11. The molecule has 2 aromatic carbocycles. The normalized spacial score (nSPS) is 12.0. The number of hydrogen-bond acceptors (Lipinski definition) is 5. The first kappa shape index (κ1) is 18.2. The van der Waals surface area contributed by atoms with Gasteiger partial charge in [-0.15, -0.1) is 10.2 Å². The van der Waals surface area contributed by atoms with E-state index in [0.717, 1.165) is 16.8 Å². The molecule has 0 aliphatic heterocycles. The summed E-state index contributed by atoms with van der Waals surface area (Å²) < 4.78 is 5.76. The van der Waals surface area contributed by atoms with Gasteiger partial charge in [0.15, 0.2) is 0 Å². The molecule has 134 valence electrons. The van der Waals surface area contributed by atoms with Crippen molar-refractivity contribution in [3.63, 3.8) is 0 Å². The van der Waals surface area contributed by atoms with Gasteiger partial charge >= 0.3 is 0 Å². The van der Waals surface area contributed by atoms with Crippen LogP contribution in [0.4, 0.5) is 5.69 Å². The van der Waals surface area contributed by atoms with Crippen molar-refractivity contribution < 1.29 is 9.21 Å². The van der Waals surface area contributed by atoms with Crippen molar-refractivity contribution in [3.8, 4) is 11.5 Å². The van der Waals surface area contributed by atoms with Crippen molar-refractivity contribution in [2.45, 2.75) is 31.2 Å². The lowest BCUT2D eigenvalue weighted by molar-refractivity contribution is -0.117. The molecule has 0 saturated heterocycles. The van der Waals surface area contributed by atoms with Crippen LogP contribution in [0.5, 0.6) is 0 Å². The number of carbonyl (C=O) groups is 1. The maximum absolute atomic E-state index is 12.8. The van der Waals surface area contributed by atoms with Gasteiger partial charge in [-0.2, -0.15) is 0 Å². The molecule has 0 spiro atoms. The summed E-state index contributed by atoms with van der Waals surface area (Å²) in [4.78, 5) is 14.6. The molecule has 0 bridgehead atoms. The highest BCUT2D eigenvalue weighted by Gasteiger charge is 2.24. The zero-order valence-corrected chi connectivity index (χ0v) is 15.9. The highest BCUT2D eigenvalue weighted by Crippen LogP contribution is 2.29. The second-order valence-corrected chi connectivity index (χ2v) is 7.16. The number of benzene rings is 2. The SMILES string of the molecule is CCN(C(=O)[C@H](C)Sc1nnc(-c2ccccc2C)o1)c1ccccc1. The summed E-state index contributed by atoms with van der Waals surface area (Å²) in [6.07, 6.45) is 0. The smallest absolute Gasteiger partial charge is 0.277 e. The van der Waals surface area contributed by atoms with E-state index < -0.39 is 0 Å². The van der Waals surface area contributed by atoms with Gasteiger partial charge in [-0.1, -0.05) is 48.2 Å². The fourth-order valence-corrected chi connectivity index (χ4v) is 3.42. The van der Waals surface area contributed by atoms with Crippen LogP contribution in [-0.4, -0.2) is 27.9 Å². The first-order valence-corrected chi connectivity index (χ1v) is 9.40. The summed E-state index contributed by atoms with van der Waals surface area (Å²) in [6.45, 7) is 6.42. The lowest BCUT2D eigenvalue weighted by Gasteiger charge is -2.23. The molecule has 6 heteroatoms. The number of aromatic nitrogens is 2. The summed E-state index contributed by atoms with van der Waals surface area (Å²) >= 11 is 1.28. The second kappa shape index (κ2) is 8.19. The Hall–Kier alpha value is -2.60. The Morgan fingerprint density at radius 2 is 1.81 bits per heavy atom. The van der Waals surface area contributed by atoms with Gasteiger partial charge < -0.3 is 9.32 Å². The Morgan fingerprint density at radius 3 is 2.50 bits per heavy atom. The number of para-hydroxylation sites is 1. The van der Waals surface area contributed by atoms with Crippen molar-refractivity contribution in [2.75, 3.05) is 11.4 Å². The third kappa shape index (κ3) is 3.96. The number of anilines is 1. The average molecular weight is 367 g/mol. The van der Waals surface area contributed by atoms with E-state index >= 15 is 0 Å². The molecule has 5 nitrogen and oxygen atoms in total. The van der Waals surface area contributed by atoms with Gasteiger partial charge in [0.05, 0.1) is 5.25 Å². The minimum Gasteiger partial charge on any atom is -0.411 e. The zero-order chi connectivity index (χ0) is 18.5. The fourth-order valence-electron chi connectivity index (χ4n) is 2.67. The van der Waals surface area contributed by atoms with E-state index in [9.17, 15) is 4.79 Å². The van der Waals surface area contributed by atoms with Crippen LogP contribution in [0.15, 0.2) is 64.2 Å². The first-order chi connectivity index (χ1) is 12.6. The number of aryl methyl sites for hydroxylation is 1. The van der Waals surface area contributed by atoms with Crippen molar-refractivity contribution in [2.24, 2.45) is 0 Å². The largest absolute Gasteiger partial charge is 0.411 e. The Balaban J connectivity index is 1.73. The minimum atomic E-state index is -0.333. The van der Waals surface area contributed by atoms with Crippen LogP contribution in [0.2, 0.25) is 0 Å². The Labute approximate surface area is 157 Å². The van der Waals surface area contributed by atoms with Gasteiger partial charge in [0.1, 0.15) is 0 Å². The van der Waals surface area contributed by atoms with E-state index in [4.69, 9.17) is 4.42 Å². The molecule has 1 amide bonds. The van der Waals surface area contributed by atoms with E-state index in [2.05, 4.69) is 10.2 Å². The minimum absolute atomic E-state index is 0.0133. The fraction of sp³-hybridized carbons (Fsp3) is 0.250. The third-order valence-corrected chi connectivity index (χ3v) is 4.98. The molecule has 3 aromatic rings. The monoisotopic (exact) mass is 367 g/mol. The predicted molar refractivity (Wildman–Crippen MR) is 104 cm³/mol. The van der Waals surface area contributed by atoms with Crippen molar-refractivity contribution >= 4 is 23.4 Å². The van der Waals surface area contributed by atoms with E-state index in [1.165, 1.54) is 11.8 Å². The molecular weight excluding hydrogens is 346 g/mol. The molecule has 0 saturated carbocycles. The van der Waals surface area contributed by atoms with E-state index in [1.54, 1.807) is 4.90 Å². The summed E-state index contributed by atoms with van der Waals surface area (Å²) in [5.41, 5.74) is 2.86. The molecule has 0 unspecified atom stereocenters. The number of nitrogens with zero attached hydrogens (tertiary/aromatic N) is 3. The van der Waals surface area contributed by atoms with Crippen molar-refractivity contribution in [1.29, 1.82) is 0 Å². The Kier molecular flexibility index (Phi) is 5.73. The van der Waals surface area contributed by atoms with Crippen LogP contribution in [0, 0.1) is 6.92 Å². The third-order valence-electron chi connectivity index (χ3n) is 4.06. The number of hydrogen-bond donors (Lipinski definition) is 0. The van der Waals surface area contributed by atoms with Gasteiger partial charge in [-0.3, -0.25) is 4.79 Å². The molecule has 0 aliphatic carbocycles. The molecule has 26 heavy (non-hydrogen) atoms. The van der Waals surface area contributed by atoms with Gasteiger partial charge in [0.2, 0.25) is 11.8 Å². The zero-order valence-electron chi connectivity index (χ0n) is 15.0. The molecule has 1 aromatic heterocycles. The highest BCUT2D eigenvalue weighted by atomic mass is 32.2. The summed E-state index contributed by atoms with van der Waals surface area (Å²) in [5, 5.41) is 8.27. The van der Waals surface area contributed by atoms with Gasteiger partial charge in [-0.25, -0.2) is 0 Å². The summed E-state index contributed by atoms with van der Waals surface area (Å²) in [7, 11) is 0. The Morgan fingerprint density at radius 1 is 1.12 bits per heavy atom. The van der Waals surface area contributed by atoms with Gasteiger partial charge in [0, 0.05) is 17.8 Å². The van der Waals surface area contributed by atoms with Crippen LogP contribution >= 0.6 is 11.8 Å². The van der Waals surface area contributed by atoms with Crippen LogP contribution in [0.1, 0.15) is 19.4 Å². The van der Waals surface area contributed by atoms with E-state index in [0.29, 0.717) is 17.7 Å². The second-order valence-electron chi connectivity index (χ2n) is 5.87. The maximum atomic E-state index is 12.8. The van der Waals surface area contributed by atoms with Gasteiger partial charge in [-0.05, 0) is 44.5 Å². The molecule has 1 heterocycles. The lowest BCUT2D eigenvalue weighted by atomic mass is 10.1. The maximum Gasteiger partial charge on any atom is 0.277 e. The van der Waals surface area contributed by atoms with E-state index in [-0.39, 0.29) is 11.2 Å². The Bertz CT molecular complexity index is 880. The number of rotatable bonds is 6. The number of amides is 1. The molecule has 0 fully saturated rings. The lowest BCUT2D eigenvalue weighted by Crippen LogP contribution is -2.36.